The molecule has 1 aromatic carbocycles. The molecule has 0 unspecified atom stereocenters. The first-order chi connectivity index (χ1) is 12.0. The van der Waals surface area contributed by atoms with Gasteiger partial charge in [0, 0.05) is 37.8 Å². The second-order valence-corrected chi connectivity index (χ2v) is 8.27. The average Bonchev–Trinajstić information content (AvgIpc) is 3.13. The van der Waals surface area contributed by atoms with Crippen LogP contribution in [0.1, 0.15) is 36.0 Å². The van der Waals surface area contributed by atoms with Gasteiger partial charge in [-0.1, -0.05) is 12.8 Å². The third-order valence-electron chi connectivity index (χ3n) is 4.84. The van der Waals surface area contributed by atoms with E-state index >= 15 is 0 Å². The van der Waals surface area contributed by atoms with Gasteiger partial charge in [-0.2, -0.15) is 0 Å². The lowest BCUT2D eigenvalue weighted by Gasteiger charge is -2.32. The summed E-state index contributed by atoms with van der Waals surface area (Å²) in [5.74, 6) is -0.141. The fourth-order valence-electron chi connectivity index (χ4n) is 3.32. The van der Waals surface area contributed by atoms with E-state index in [-0.39, 0.29) is 16.8 Å². The molecule has 1 aromatic rings. The highest BCUT2D eigenvalue weighted by Crippen LogP contribution is 2.21. The van der Waals surface area contributed by atoms with Crippen molar-refractivity contribution in [2.24, 2.45) is 0 Å². The second kappa shape index (κ2) is 7.53. The van der Waals surface area contributed by atoms with Crippen molar-refractivity contribution in [2.45, 2.75) is 36.6 Å². The lowest BCUT2D eigenvalue weighted by Crippen LogP contribution is -2.48. The van der Waals surface area contributed by atoms with Crippen LogP contribution < -0.4 is 4.72 Å². The molecule has 1 saturated carbocycles. The Morgan fingerprint density at radius 3 is 2.20 bits per heavy atom. The first kappa shape index (κ1) is 17.9. The average molecular weight is 365 g/mol. The molecule has 8 heteroatoms. The van der Waals surface area contributed by atoms with Crippen LogP contribution in [0.2, 0.25) is 0 Å². The van der Waals surface area contributed by atoms with Crippen molar-refractivity contribution in [3.8, 4) is 0 Å². The van der Waals surface area contributed by atoms with E-state index in [1.165, 1.54) is 12.1 Å². The molecule has 1 aliphatic heterocycles. The lowest BCUT2D eigenvalue weighted by molar-refractivity contribution is -0.119. The minimum absolute atomic E-state index is 0.0143. The van der Waals surface area contributed by atoms with Crippen molar-refractivity contribution in [2.75, 3.05) is 26.2 Å². The molecule has 25 heavy (non-hydrogen) atoms. The number of hydrogen-bond donors (Lipinski definition) is 1. The van der Waals surface area contributed by atoms with E-state index in [1.807, 2.05) is 0 Å². The lowest BCUT2D eigenvalue weighted by atomic mass is 10.2. The maximum absolute atomic E-state index is 12.5. The van der Waals surface area contributed by atoms with Crippen molar-refractivity contribution < 1.29 is 18.0 Å². The summed E-state index contributed by atoms with van der Waals surface area (Å²) in [6.45, 7) is 2.02. The molecule has 1 saturated heterocycles. The van der Waals surface area contributed by atoms with Gasteiger partial charge >= 0.3 is 0 Å². The summed E-state index contributed by atoms with van der Waals surface area (Å²) in [6, 6.07) is 6.08. The van der Waals surface area contributed by atoms with Gasteiger partial charge in [-0.25, -0.2) is 13.1 Å². The van der Waals surface area contributed by atoms with Gasteiger partial charge in [0.05, 0.1) is 4.90 Å². The molecule has 2 amide bonds. The van der Waals surface area contributed by atoms with Crippen LogP contribution in [0.3, 0.4) is 0 Å². The van der Waals surface area contributed by atoms with Crippen LogP contribution in [0.15, 0.2) is 29.2 Å². The largest absolute Gasteiger partial charge is 0.342 e. The zero-order chi connectivity index (χ0) is 17.9. The predicted octanol–water partition coefficient (Wildman–Crippen LogP) is 0.822. The van der Waals surface area contributed by atoms with Crippen molar-refractivity contribution in [3.63, 3.8) is 0 Å². The smallest absolute Gasteiger partial charge is 0.253 e. The van der Waals surface area contributed by atoms with E-state index in [4.69, 9.17) is 0 Å². The molecule has 7 nitrogen and oxygen atoms in total. The highest BCUT2D eigenvalue weighted by Gasteiger charge is 2.24. The molecular weight excluding hydrogens is 342 g/mol. The van der Waals surface area contributed by atoms with Gasteiger partial charge < -0.3 is 9.80 Å². The Balaban J connectivity index is 1.65. The number of amides is 2. The number of carbonyl (C=O) groups excluding carboxylic acids is 2. The fourth-order valence-corrected chi connectivity index (χ4v) is 4.63. The van der Waals surface area contributed by atoms with Crippen molar-refractivity contribution >= 4 is 22.3 Å². The quantitative estimate of drug-likeness (QED) is 0.783. The van der Waals surface area contributed by atoms with Crippen LogP contribution in [0.5, 0.6) is 0 Å². The van der Waals surface area contributed by atoms with Gasteiger partial charge in [-0.3, -0.25) is 9.59 Å². The Labute approximate surface area is 148 Å². The molecule has 1 N–H and O–H groups in total. The molecule has 0 bridgehead atoms. The van der Waals surface area contributed by atoms with Crippen LogP contribution >= 0.6 is 0 Å². The van der Waals surface area contributed by atoms with Crippen molar-refractivity contribution in [1.29, 1.82) is 0 Å². The number of benzene rings is 1. The van der Waals surface area contributed by atoms with E-state index < -0.39 is 10.0 Å². The van der Waals surface area contributed by atoms with E-state index in [0.717, 1.165) is 32.1 Å². The minimum Gasteiger partial charge on any atom is -0.342 e. The number of carbonyl (C=O) groups is 2. The third kappa shape index (κ3) is 4.19. The van der Waals surface area contributed by atoms with E-state index in [2.05, 4.69) is 4.72 Å². The molecule has 2 fully saturated rings. The first-order valence-electron chi connectivity index (χ1n) is 8.60. The van der Waals surface area contributed by atoms with Crippen LogP contribution in [0.25, 0.3) is 0 Å². The zero-order valence-corrected chi connectivity index (χ0v) is 14.9. The Morgan fingerprint density at radius 1 is 1.04 bits per heavy atom. The van der Waals surface area contributed by atoms with Gasteiger partial charge in [0.1, 0.15) is 0 Å². The summed E-state index contributed by atoms with van der Waals surface area (Å²) in [5.41, 5.74) is 0.458. The minimum atomic E-state index is -3.54. The van der Waals surface area contributed by atoms with Crippen LogP contribution in [-0.2, 0) is 14.8 Å². The number of rotatable bonds is 5. The van der Waals surface area contributed by atoms with Gasteiger partial charge in [-0.05, 0) is 37.1 Å². The zero-order valence-electron chi connectivity index (χ0n) is 14.1. The standard InChI is InChI=1S/C17H23N3O4S/c21-13-19-9-11-20(12-10-19)17(22)14-5-7-16(8-6-14)25(23,24)18-15-3-1-2-4-15/h5-8,13,15,18H,1-4,9-12H2. The third-order valence-corrected chi connectivity index (χ3v) is 6.38. The highest BCUT2D eigenvalue weighted by atomic mass is 32.2. The molecule has 0 spiro atoms. The van der Waals surface area contributed by atoms with E-state index in [1.54, 1.807) is 21.9 Å². The summed E-state index contributed by atoms with van der Waals surface area (Å²) < 4.78 is 27.5. The Morgan fingerprint density at radius 2 is 1.64 bits per heavy atom. The molecule has 1 aliphatic carbocycles. The number of hydrogen-bond acceptors (Lipinski definition) is 4. The van der Waals surface area contributed by atoms with Crippen LogP contribution in [-0.4, -0.2) is 62.8 Å². The van der Waals surface area contributed by atoms with E-state index in [9.17, 15) is 18.0 Å². The predicted molar refractivity (Wildman–Crippen MR) is 92.6 cm³/mol. The molecular formula is C17H23N3O4S. The summed E-state index contributed by atoms with van der Waals surface area (Å²) in [7, 11) is -3.54. The SMILES string of the molecule is O=CN1CCN(C(=O)c2ccc(S(=O)(=O)NC3CCCC3)cc2)CC1. The van der Waals surface area contributed by atoms with Gasteiger partial charge in [0.2, 0.25) is 16.4 Å². The molecule has 2 aliphatic rings. The van der Waals surface area contributed by atoms with Crippen LogP contribution in [0.4, 0.5) is 0 Å². The van der Waals surface area contributed by atoms with E-state index in [0.29, 0.717) is 31.7 Å². The second-order valence-electron chi connectivity index (χ2n) is 6.56. The molecule has 0 radical (unpaired) electrons. The maximum atomic E-state index is 12.5. The highest BCUT2D eigenvalue weighted by molar-refractivity contribution is 7.89. The van der Waals surface area contributed by atoms with Gasteiger partial charge in [-0.15, -0.1) is 0 Å². The number of nitrogens with one attached hydrogen (secondary N) is 1. The Bertz CT molecular complexity index is 719. The summed E-state index contributed by atoms with van der Waals surface area (Å²) >= 11 is 0. The Hall–Kier alpha value is -1.93. The van der Waals surface area contributed by atoms with Gasteiger partial charge in [0.15, 0.2) is 0 Å². The Kier molecular flexibility index (Phi) is 5.39. The number of piperazine rings is 1. The topological polar surface area (TPSA) is 86.8 Å². The fraction of sp³-hybridized carbons (Fsp3) is 0.529. The molecule has 0 atom stereocenters. The molecule has 1 heterocycles. The monoisotopic (exact) mass is 365 g/mol. The van der Waals surface area contributed by atoms with Crippen molar-refractivity contribution in [1.82, 2.24) is 14.5 Å². The maximum Gasteiger partial charge on any atom is 0.253 e. The molecule has 136 valence electrons. The summed E-state index contributed by atoms with van der Waals surface area (Å²) in [5, 5.41) is 0. The normalized spacial score (nSPS) is 19.2. The van der Waals surface area contributed by atoms with Crippen molar-refractivity contribution in [3.05, 3.63) is 29.8 Å². The van der Waals surface area contributed by atoms with Gasteiger partial charge in [0.25, 0.3) is 5.91 Å². The number of sulfonamides is 1. The molecule has 3 rings (SSSR count). The summed E-state index contributed by atoms with van der Waals surface area (Å²) in [6.07, 6.45) is 4.65. The number of nitrogens with zero attached hydrogens (tertiary/aromatic N) is 2. The summed E-state index contributed by atoms with van der Waals surface area (Å²) in [4.78, 5) is 26.7. The van der Waals surface area contributed by atoms with Crippen LogP contribution in [0, 0.1) is 0 Å². The molecule has 0 aromatic heterocycles. The first-order valence-corrected chi connectivity index (χ1v) is 10.1.